The first-order valence-electron chi connectivity index (χ1n) is 6.67. The van der Waals surface area contributed by atoms with Crippen LogP contribution in [0.1, 0.15) is 28.3 Å². The molecule has 21 heavy (non-hydrogen) atoms. The highest BCUT2D eigenvalue weighted by molar-refractivity contribution is 5.43. The van der Waals surface area contributed by atoms with Crippen LogP contribution in [0.25, 0.3) is 0 Å². The van der Waals surface area contributed by atoms with Crippen LogP contribution in [-0.4, -0.2) is 11.7 Å². The molecule has 110 valence electrons. The molecule has 2 N–H and O–H groups in total. The van der Waals surface area contributed by atoms with Gasteiger partial charge in [0.1, 0.15) is 5.75 Å². The van der Waals surface area contributed by atoms with Gasteiger partial charge in [0.05, 0.1) is 11.6 Å². The molecule has 0 aromatic heterocycles. The summed E-state index contributed by atoms with van der Waals surface area (Å²) in [5.74, 6) is 0.210. The molecule has 1 atom stereocenters. The lowest BCUT2D eigenvalue weighted by molar-refractivity contribution is -0.137. The second kappa shape index (κ2) is 5.07. The van der Waals surface area contributed by atoms with Crippen LogP contribution < -0.4 is 5.32 Å². The molecule has 1 aliphatic rings. The average molecular weight is 293 g/mol. The topological polar surface area (TPSA) is 32.3 Å². The van der Waals surface area contributed by atoms with Gasteiger partial charge in [0.25, 0.3) is 0 Å². The van der Waals surface area contributed by atoms with Crippen molar-refractivity contribution in [2.24, 2.45) is 0 Å². The van der Waals surface area contributed by atoms with E-state index in [2.05, 4.69) is 5.32 Å². The molecule has 0 amide bonds. The van der Waals surface area contributed by atoms with Crippen molar-refractivity contribution < 1.29 is 18.3 Å². The molecule has 2 nitrogen and oxygen atoms in total. The number of benzene rings is 2. The van der Waals surface area contributed by atoms with E-state index >= 15 is 0 Å². The Kier molecular flexibility index (Phi) is 3.37. The molecule has 3 rings (SSSR count). The molecule has 1 aliphatic heterocycles. The number of hydrogen-bond acceptors (Lipinski definition) is 2. The summed E-state index contributed by atoms with van der Waals surface area (Å²) in [6, 6.07) is 10.2. The summed E-state index contributed by atoms with van der Waals surface area (Å²) in [7, 11) is 0. The van der Waals surface area contributed by atoms with E-state index in [1.165, 1.54) is 12.1 Å². The van der Waals surface area contributed by atoms with Crippen molar-refractivity contribution in [1.29, 1.82) is 0 Å². The first kappa shape index (κ1) is 13.9. The smallest absolute Gasteiger partial charge is 0.416 e. The molecule has 5 heteroatoms. The summed E-state index contributed by atoms with van der Waals surface area (Å²) >= 11 is 0. The lowest BCUT2D eigenvalue weighted by Crippen LogP contribution is -2.30. The molecular weight excluding hydrogens is 279 g/mol. The summed E-state index contributed by atoms with van der Waals surface area (Å²) in [5.41, 5.74) is 2.17. The molecule has 1 heterocycles. The van der Waals surface area contributed by atoms with E-state index in [4.69, 9.17) is 0 Å². The first-order chi connectivity index (χ1) is 9.95. The largest absolute Gasteiger partial charge is 0.508 e. The fourth-order valence-corrected chi connectivity index (χ4v) is 2.71. The van der Waals surface area contributed by atoms with Crippen LogP contribution in [-0.2, 0) is 12.6 Å². The Morgan fingerprint density at radius 2 is 1.76 bits per heavy atom. The van der Waals surface area contributed by atoms with E-state index in [0.29, 0.717) is 0 Å². The van der Waals surface area contributed by atoms with Gasteiger partial charge in [0.2, 0.25) is 0 Å². The number of nitrogens with one attached hydrogen (secondary N) is 1. The third kappa shape index (κ3) is 2.74. The van der Waals surface area contributed by atoms with Crippen molar-refractivity contribution in [2.45, 2.75) is 18.6 Å². The molecule has 0 spiro atoms. The summed E-state index contributed by atoms with van der Waals surface area (Å²) in [6.07, 6.45) is -3.52. The van der Waals surface area contributed by atoms with Gasteiger partial charge < -0.3 is 10.4 Å². The number of fused-ring (bicyclic) bond motifs is 1. The Hall–Kier alpha value is -2.01. The van der Waals surface area contributed by atoms with Crippen molar-refractivity contribution >= 4 is 0 Å². The van der Waals surface area contributed by atoms with Crippen LogP contribution in [0.3, 0.4) is 0 Å². The predicted octanol–water partition coefficient (Wildman–Crippen LogP) is 3.65. The average Bonchev–Trinajstić information content (AvgIpc) is 2.45. The molecule has 2 aromatic rings. The minimum Gasteiger partial charge on any atom is -0.508 e. The van der Waals surface area contributed by atoms with Gasteiger partial charge in [-0.15, -0.1) is 0 Å². The molecule has 0 radical (unpaired) electrons. The van der Waals surface area contributed by atoms with Crippen LogP contribution in [0.2, 0.25) is 0 Å². The number of hydrogen-bond donors (Lipinski definition) is 2. The minimum absolute atomic E-state index is 0.142. The van der Waals surface area contributed by atoms with E-state index < -0.39 is 11.7 Å². The third-order valence-corrected chi connectivity index (χ3v) is 3.75. The first-order valence-corrected chi connectivity index (χ1v) is 6.67. The van der Waals surface area contributed by atoms with Gasteiger partial charge in [-0.2, -0.15) is 13.2 Å². The maximum atomic E-state index is 12.6. The van der Waals surface area contributed by atoms with Crippen molar-refractivity contribution in [1.82, 2.24) is 5.32 Å². The standard InChI is InChI=1S/C16H14F3NO/c17-16(18,19)12-3-1-10(2-4-12)15-14-6-5-13(21)9-11(14)7-8-20-15/h1-6,9,15,20-21H,7-8H2/t15-/m1/s1. The van der Waals surface area contributed by atoms with E-state index in [9.17, 15) is 18.3 Å². The van der Waals surface area contributed by atoms with Crippen LogP contribution in [0.4, 0.5) is 13.2 Å². The van der Waals surface area contributed by atoms with Gasteiger partial charge in [-0.3, -0.25) is 0 Å². The van der Waals surface area contributed by atoms with E-state index in [1.807, 2.05) is 6.07 Å². The van der Waals surface area contributed by atoms with Crippen LogP contribution in [0, 0.1) is 0 Å². The van der Waals surface area contributed by atoms with E-state index in [-0.39, 0.29) is 11.8 Å². The lowest BCUT2D eigenvalue weighted by atomic mass is 9.89. The number of alkyl halides is 3. The second-order valence-electron chi connectivity index (χ2n) is 5.14. The van der Waals surface area contributed by atoms with Crippen LogP contribution in [0.5, 0.6) is 5.75 Å². The molecule has 2 aromatic carbocycles. The van der Waals surface area contributed by atoms with Gasteiger partial charge in [-0.25, -0.2) is 0 Å². The van der Waals surface area contributed by atoms with Gasteiger partial charge in [0, 0.05) is 6.54 Å². The van der Waals surface area contributed by atoms with Crippen LogP contribution in [0.15, 0.2) is 42.5 Å². The second-order valence-corrected chi connectivity index (χ2v) is 5.14. The summed E-state index contributed by atoms with van der Waals surface area (Å²) in [4.78, 5) is 0. The van der Waals surface area contributed by atoms with Gasteiger partial charge in [0.15, 0.2) is 0 Å². The normalized spacial score (nSPS) is 18.3. The number of phenols is 1. The number of aromatic hydroxyl groups is 1. The maximum Gasteiger partial charge on any atom is 0.416 e. The Labute approximate surface area is 120 Å². The van der Waals surface area contributed by atoms with Gasteiger partial charge >= 0.3 is 6.18 Å². The molecule has 0 unspecified atom stereocenters. The van der Waals surface area contributed by atoms with E-state index in [1.54, 1.807) is 12.1 Å². The fourth-order valence-electron chi connectivity index (χ4n) is 2.71. The quantitative estimate of drug-likeness (QED) is 0.841. The summed E-state index contributed by atoms with van der Waals surface area (Å²) in [6.45, 7) is 0.724. The monoisotopic (exact) mass is 293 g/mol. The number of halogens is 3. The minimum atomic E-state index is -4.32. The van der Waals surface area contributed by atoms with Gasteiger partial charge in [-0.05, 0) is 47.4 Å². The van der Waals surface area contributed by atoms with Gasteiger partial charge in [-0.1, -0.05) is 18.2 Å². The Bertz CT molecular complexity index is 650. The van der Waals surface area contributed by atoms with Crippen molar-refractivity contribution in [2.75, 3.05) is 6.54 Å². The Morgan fingerprint density at radius 3 is 2.43 bits per heavy atom. The maximum absolute atomic E-state index is 12.6. The highest BCUT2D eigenvalue weighted by Crippen LogP contribution is 2.33. The zero-order valence-electron chi connectivity index (χ0n) is 11.1. The Balaban J connectivity index is 1.95. The number of rotatable bonds is 1. The third-order valence-electron chi connectivity index (χ3n) is 3.75. The van der Waals surface area contributed by atoms with Crippen molar-refractivity contribution in [3.8, 4) is 5.75 Å². The van der Waals surface area contributed by atoms with Crippen molar-refractivity contribution in [3.63, 3.8) is 0 Å². The zero-order chi connectivity index (χ0) is 15.0. The highest BCUT2D eigenvalue weighted by atomic mass is 19.4. The van der Waals surface area contributed by atoms with Crippen molar-refractivity contribution in [3.05, 3.63) is 64.7 Å². The highest BCUT2D eigenvalue weighted by Gasteiger charge is 2.30. The SMILES string of the molecule is Oc1ccc2c(c1)CCN[C@@H]2c1ccc(C(F)(F)F)cc1. The molecular formula is C16H14F3NO. The predicted molar refractivity (Wildman–Crippen MR) is 73.1 cm³/mol. The molecule has 0 fully saturated rings. The molecule has 0 bridgehead atoms. The number of phenolic OH excluding ortho intramolecular Hbond substituents is 1. The molecule has 0 aliphatic carbocycles. The summed E-state index contributed by atoms with van der Waals surface area (Å²) in [5, 5.41) is 12.8. The van der Waals surface area contributed by atoms with E-state index in [0.717, 1.165) is 41.8 Å². The molecule has 0 saturated carbocycles. The lowest BCUT2D eigenvalue weighted by Gasteiger charge is -2.27. The fraction of sp³-hybridized carbons (Fsp3) is 0.250. The molecule has 0 saturated heterocycles. The van der Waals surface area contributed by atoms with Crippen LogP contribution >= 0.6 is 0 Å². The Morgan fingerprint density at radius 1 is 1.05 bits per heavy atom. The summed E-state index contributed by atoms with van der Waals surface area (Å²) < 4.78 is 37.8. The zero-order valence-corrected chi connectivity index (χ0v) is 11.1.